The van der Waals surface area contributed by atoms with Gasteiger partial charge in [-0.15, -0.1) is 0 Å². The van der Waals surface area contributed by atoms with Crippen molar-refractivity contribution in [3.8, 4) is 0 Å². The normalized spacial score (nSPS) is 13.1. The molecule has 5 nitrogen and oxygen atoms in total. The monoisotopic (exact) mass is 242 g/mol. The molecule has 0 aliphatic rings. The Kier molecular flexibility index (Phi) is 3.54. The van der Waals surface area contributed by atoms with Gasteiger partial charge in [-0.1, -0.05) is 18.2 Å². The van der Waals surface area contributed by atoms with Crippen LogP contribution in [0.2, 0.25) is 0 Å². The van der Waals surface area contributed by atoms with Crippen LogP contribution in [0.5, 0.6) is 0 Å². The van der Waals surface area contributed by atoms with Crippen molar-refractivity contribution in [1.82, 2.24) is 0 Å². The molecule has 0 fully saturated rings. The molecule has 0 heterocycles. The fourth-order valence-electron chi connectivity index (χ4n) is 1.39. The number of anilines is 1. The maximum atomic E-state index is 11.6. The van der Waals surface area contributed by atoms with Crippen molar-refractivity contribution in [2.75, 3.05) is 10.6 Å². The number of rotatable bonds is 4. The molecule has 0 unspecified atom stereocenters. The molecule has 88 valence electrons. The van der Waals surface area contributed by atoms with E-state index in [1.807, 2.05) is 0 Å². The molecule has 16 heavy (non-hydrogen) atoms. The average molecular weight is 242 g/mol. The molecule has 0 saturated heterocycles. The second kappa shape index (κ2) is 4.52. The van der Waals surface area contributed by atoms with Crippen molar-refractivity contribution in [3.05, 3.63) is 30.3 Å². The van der Waals surface area contributed by atoms with Gasteiger partial charge in [-0.3, -0.25) is 9.10 Å². The molecule has 1 amide bonds. The minimum absolute atomic E-state index is 0.427. The lowest BCUT2D eigenvalue weighted by Crippen LogP contribution is -2.45. The van der Waals surface area contributed by atoms with Gasteiger partial charge in [0.25, 0.3) is 0 Å². The van der Waals surface area contributed by atoms with E-state index >= 15 is 0 Å². The highest BCUT2D eigenvalue weighted by atomic mass is 32.2. The van der Waals surface area contributed by atoms with Gasteiger partial charge in [0, 0.05) is 0 Å². The van der Waals surface area contributed by atoms with Crippen LogP contribution >= 0.6 is 0 Å². The van der Waals surface area contributed by atoms with Gasteiger partial charge in [-0.05, 0) is 19.1 Å². The number of hydrogen-bond donors (Lipinski definition) is 1. The van der Waals surface area contributed by atoms with E-state index < -0.39 is 22.0 Å². The maximum Gasteiger partial charge on any atom is 0.241 e. The van der Waals surface area contributed by atoms with E-state index in [0.717, 1.165) is 10.6 Å². The molecule has 0 spiro atoms. The minimum atomic E-state index is -3.53. The van der Waals surface area contributed by atoms with Crippen molar-refractivity contribution in [2.45, 2.75) is 13.0 Å². The number of hydrogen-bond acceptors (Lipinski definition) is 3. The topological polar surface area (TPSA) is 80.5 Å². The zero-order chi connectivity index (χ0) is 12.3. The lowest BCUT2D eigenvalue weighted by molar-refractivity contribution is -0.118. The highest BCUT2D eigenvalue weighted by molar-refractivity contribution is 7.92. The van der Waals surface area contributed by atoms with Gasteiger partial charge < -0.3 is 5.73 Å². The van der Waals surface area contributed by atoms with E-state index in [1.165, 1.54) is 6.92 Å². The van der Waals surface area contributed by atoms with Crippen LogP contribution in [0.3, 0.4) is 0 Å². The number of nitrogens with zero attached hydrogens (tertiary/aromatic N) is 1. The van der Waals surface area contributed by atoms with Crippen LogP contribution in [-0.4, -0.2) is 26.6 Å². The van der Waals surface area contributed by atoms with Crippen LogP contribution in [0.25, 0.3) is 0 Å². The first-order valence-electron chi connectivity index (χ1n) is 4.68. The summed E-state index contributed by atoms with van der Waals surface area (Å²) in [6, 6.07) is 7.47. The molecule has 1 atom stereocenters. The largest absolute Gasteiger partial charge is 0.368 e. The number of primary amides is 1. The van der Waals surface area contributed by atoms with Crippen molar-refractivity contribution < 1.29 is 13.2 Å². The Balaban J connectivity index is 3.23. The SMILES string of the molecule is C[C@H](C(N)=O)N(c1ccccc1)S(C)(=O)=O. The minimum Gasteiger partial charge on any atom is -0.368 e. The fraction of sp³-hybridized carbons (Fsp3) is 0.300. The Hall–Kier alpha value is -1.56. The predicted octanol–water partition coefficient (Wildman–Crippen LogP) is 0.326. The Morgan fingerprint density at radius 2 is 1.81 bits per heavy atom. The van der Waals surface area contributed by atoms with Crippen LogP contribution in [0.1, 0.15) is 6.92 Å². The number of benzene rings is 1. The van der Waals surface area contributed by atoms with Crippen molar-refractivity contribution in [1.29, 1.82) is 0 Å². The summed E-state index contributed by atoms with van der Waals surface area (Å²) in [6.07, 6.45) is 1.04. The summed E-state index contributed by atoms with van der Waals surface area (Å²) < 4.78 is 24.2. The molecule has 0 aromatic heterocycles. The molecular formula is C10H14N2O3S. The van der Waals surface area contributed by atoms with E-state index in [1.54, 1.807) is 30.3 Å². The van der Waals surface area contributed by atoms with Crippen LogP contribution in [0, 0.1) is 0 Å². The zero-order valence-corrected chi connectivity index (χ0v) is 9.94. The molecule has 6 heteroatoms. The van der Waals surface area contributed by atoms with Gasteiger partial charge >= 0.3 is 0 Å². The lowest BCUT2D eigenvalue weighted by Gasteiger charge is -2.26. The van der Waals surface area contributed by atoms with Gasteiger partial charge in [0.1, 0.15) is 6.04 Å². The van der Waals surface area contributed by atoms with E-state index in [2.05, 4.69) is 0 Å². The average Bonchev–Trinajstić information content (AvgIpc) is 2.17. The molecule has 2 N–H and O–H groups in total. The molecule has 0 bridgehead atoms. The Bertz CT molecular complexity index is 470. The van der Waals surface area contributed by atoms with Gasteiger partial charge in [0.2, 0.25) is 15.9 Å². The van der Waals surface area contributed by atoms with Crippen LogP contribution in [-0.2, 0) is 14.8 Å². The number of nitrogens with two attached hydrogens (primary N) is 1. The summed E-state index contributed by atoms with van der Waals surface area (Å²) in [7, 11) is -3.53. The third kappa shape index (κ3) is 2.73. The molecule has 1 aromatic carbocycles. The van der Waals surface area contributed by atoms with Gasteiger partial charge in [0.05, 0.1) is 11.9 Å². The summed E-state index contributed by atoms with van der Waals surface area (Å²) >= 11 is 0. The highest BCUT2D eigenvalue weighted by Crippen LogP contribution is 2.19. The summed E-state index contributed by atoms with van der Waals surface area (Å²) in [5, 5.41) is 0. The quantitative estimate of drug-likeness (QED) is 0.826. The molecule has 1 aromatic rings. The molecule has 0 saturated carbocycles. The zero-order valence-electron chi connectivity index (χ0n) is 9.12. The van der Waals surface area contributed by atoms with E-state index in [4.69, 9.17) is 5.73 Å². The molecule has 1 rings (SSSR count). The Morgan fingerprint density at radius 1 is 1.31 bits per heavy atom. The number of para-hydroxylation sites is 1. The lowest BCUT2D eigenvalue weighted by atomic mass is 10.2. The first-order chi connectivity index (χ1) is 7.34. The van der Waals surface area contributed by atoms with Crippen LogP contribution in [0.15, 0.2) is 30.3 Å². The summed E-state index contributed by atoms with van der Waals surface area (Å²) in [5.74, 6) is -0.686. The fourth-order valence-corrected chi connectivity index (χ4v) is 2.58. The second-order valence-electron chi connectivity index (χ2n) is 3.47. The Morgan fingerprint density at radius 3 is 2.19 bits per heavy atom. The van der Waals surface area contributed by atoms with Gasteiger partial charge in [-0.2, -0.15) is 0 Å². The van der Waals surface area contributed by atoms with Crippen molar-refractivity contribution >= 4 is 21.6 Å². The maximum absolute atomic E-state index is 11.6. The van der Waals surface area contributed by atoms with E-state index in [0.29, 0.717) is 5.69 Å². The molecule has 0 aliphatic carbocycles. The predicted molar refractivity (Wildman–Crippen MR) is 62.4 cm³/mol. The number of carbonyl (C=O) groups excluding carboxylic acids is 1. The van der Waals surface area contributed by atoms with E-state index in [9.17, 15) is 13.2 Å². The molecule has 0 radical (unpaired) electrons. The first kappa shape index (κ1) is 12.5. The smallest absolute Gasteiger partial charge is 0.241 e. The van der Waals surface area contributed by atoms with Crippen LogP contribution < -0.4 is 10.0 Å². The summed E-state index contributed by atoms with van der Waals surface area (Å²) in [4.78, 5) is 11.1. The third-order valence-electron chi connectivity index (χ3n) is 2.13. The summed E-state index contributed by atoms with van der Waals surface area (Å²) in [6.45, 7) is 1.45. The van der Waals surface area contributed by atoms with Gasteiger partial charge in [0.15, 0.2) is 0 Å². The van der Waals surface area contributed by atoms with Crippen LogP contribution in [0.4, 0.5) is 5.69 Å². The van der Waals surface area contributed by atoms with E-state index in [-0.39, 0.29) is 0 Å². The summed E-state index contributed by atoms with van der Waals surface area (Å²) in [5.41, 5.74) is 5.55. The second-order valence-corrected chi connectivity index (χ2v) is 5.33. The van der Waals surface area contributed by atoms with Crippen molar-refractivity contribution in [3.63, 3.8) is 0 Å². The third-order valence-corrected chi connectivity index (χ3v) is 3.37. The molecule has 0 aliphatic heterocycles. The first-order valence-corrected chi connectivity index (χ1v) is 6.52. The van der Waals surface area contributed by atoms with Gasteiger partial charge in [-0.25, -0.2) is 8.42 Å². The Labute approximate surface area is 94.9 Å². The van der Waals surface area contributed by atoms with Crippen molar-refractivity contribution in [2.24, 2.45) is 5.73 Å². The number of sulfonamides is 1. The standard InChI is InChI=1S/C10H14N2O3S/c1-8(10(11)13)12(16(2,14)15)9-6-4-3-5-7-9/h3-8H,1-2H3,(H2,11,13)/t8-/m1/s1. The number of carbonyl (C=O) groups is 1. The molecular weight excluding hydrogens is 228 g/mol. The highest BCUT2D eigenvalue weighted by Gasteiger charge is 2.27. The number of amides is 1.